The van der Waals surface area contributed by atoms with Gasteiger partial charge in [-0.25, -0.2) is 13.8 Å². The van der Waals surface area contributed by atoms with Gasteiger partial charge in [-0.15, -0.1) is 0 Å². The van der Waals surface area contributed by atoms with E-state index in [9.17, 15) is 18.3 Å². The number of nitrogens with zero attached hydrogens (tertiary/aromatic N) is 1. The minimum Gasteiger partial charge on any atom is -0.503 e. The molecule has 1 aromatic carbocycles. The molecule has 0 radical (unpaired) electrons. The number of methoxy groups -OCH3 is 1. The smallest absolute Gasteiger partial charge is 0.244 e. The SMILES string of the molecule is COc1cc(/C=N/NC(=O)[C@@H]2CCS(=O)(=O)C2)cc(Br)c1O. The van der Waals surface area contributed by atoms with Gasteiger partial charge in [0.25, 0.3) is 0 Å². The summed E-state index contributed by atoms with van der Waals surface area (Å²) in [6.07, 6.45) is 1.70. The maximum atomic E-state index is 11.8. The lowest BCUT2D eigenvalue weighted by molar-refractivity contribution is -0.124. The Morgan fingerprint density at radius 1 is 1.55 bits per heavy atom. The van der Waals surface area contributed by atoms with Crippen molar-refractivity contribution < 1.29 is 23.1 Å². The average Bonchev–Trinajstić information content (AvgIpc) is 2.82. The molecule has 7 nitrogen and oxygen atoms in total. The molecule has 120 valence electrons. The van der Waals surface area contributed by atoms with Crippen LogP contribution in [-0.2, 0) is 14.6 Å². The summed E-state index contributed by atoms with van der Waals surface area (Å²) in [6, 6.07) is 3.16. The summed E-state index contributed by atoms with van der Waals surface area (Å²) >= 11 is 3.18. The van der Waals surface area contributed by atoms with E-state index in [1.165, 1.54) is 13.3 Å². The molecule has 1 amide bonds. The number of carbonyl (C=O) groups is 1. The van der Waals surface area contributed by atoms with Crippen LogP contribution < -0.4 is 10.2 Å². The molecule has 1 aromatic rings. The van der Waals surface area contributed by atoms with Crippen molar-refractivity contribution in [1.82, 2.24) is 5.43 Å². The highest BCUT2D eigenvalue weighted by Crippen LogP contribution is 2.34. The summed E-state index contributed by atoms with van der Waals surface area (Å²) in [5.41, 5.74) is 2.93. The molecule has 0 aromatic heterocycles. The molecule has 0 bridgehead atoms. The van der Waals surface area contributed by atoms with Crippen molar-refractivity contribution in [2.24, 2.45) is 11.0 Å². The van der Waals surface area contributed by atoms with Crippen molar-refractivity contribution in [1.29, 1.82) is 0 Å². The van der Waals surface area contributed by atoms with Crippen molar-refractivity contribution >= 4 is 37.9 Å². The number of aromatic hydroxyl groups is 1. The number of halogens is 1. The Bertz CT molecular complexity index is 717. The minimum atomic E-state index is -3.10. The van der Waals surface area contributed by atoms with Gasteiger partial charge in [-0.3, -0.25) is 4.79 Å². The lowest BCUT2D eigenvalue weighted by Crippen LogP contribution is -2.27. The Hall–Kier alpha value is -1.61. The monoisotopic (exact) mass is 390 g/mol. The molecule has 1 fully saturated rings. The Balaban J connectivity index is 2.01. The highest BCUT2D eigenvalue weighted by Gasteiger charge is 2.32. The van der Waals surface area contributed by atoms with Crippen LogP contribution in [0.1, 0.15) is 12.0 Å². The Morgan fingerprint density at radius 2 is 2.27 bits per heavy atom. The highest BCUT2D eigenvalue weighted by molar-refractivity contribution is 9.10. The maximum absolute atomic E-state index is 11.8. The fourth-order valence-corrected chi connectivity index (χ4v) is 4.29. The summed E-state index contributed by atoms with van der Waals surface area (Å²) in [5, 5.41) is 13.5. The van der Waals surface area contributed by atoms with E-state index in [2.05, 4.69) is 26.5 Å². The molecule has 1 aliphatic rings. The van der Waals surface area contributed by atoms with Gasteiger partial charge >= 0.3 is 0 Å². The Kier molecular flexibility index (Phi) is 5.07. The van der Waals surface area contributed by atoms with Crippen molar-refractivity contribution in [3.8, 4) is 11.5 Å². The number of rotatable bonds is 4. The number of hydrogen-bond donors (Lipinski definition) is 2. The normalized spacial score (nSPS) is 20.2. The number of amides is 1. The number of sulfone groups is 1. The van der Waals surface area contributed by atoms with E-state index in [-0.39, 0.29) is 23.0 Å². The number of benzene rings is 1. The van der Waals surface area contributed by atoms with Gasteiger partial charge in [-0.2, -0.15) is 5.10 Å². The predicted molar refractivity (Wildman–Crippen MR) is 84.9 cm³/mol. The molecular formula is C13H15BrN2O5S. The first-order valence-electron chi connectivity index (χ1n) is 6.42. The Labute approximate surface area is 136 Å². The zero-order chi connectivity index (χ0) is 16.3. The van der Waals surface area contributed by atoms with Gasteiger partial charge in [0.2, 0.25) is 5.91 Å². The van der Waals surface area contributed by atoms with E-state index in [1.54, 1.807) is 12.1 Å². The zero-order valence-corrected chi connectivity index (χ0v) is 14.1. The zero-order valence-electron chi connectivity index (χ0n) is 11.7. The van der Waals surface area contributed by atoms with Crippen LogP contribution in [0.4, 0.5) is 0 Å². The quantitative estimate of drug-likeness (QED) is 0.590. The van der Waals surface area contributed by atoms with E-state index in [0.29, 0.717) is 16.5 Å². The molecular weight excluding hydrogens is 376 g/mol. The summed E-state index contributed by atoms with van der Waals surface area (Å²) in [7, 11) is -1.68. The lowest BCUT2D eigenvalue weighted by atomic mass is 10.1. The van der Waals surface area contributed by atoms with Gasteiger partial charge in [-0.05, 0) is 40.0 Å². The molecule has 0 aliphatic carbocycles. The summed E-state index contributed by atoms with van der Waals surface area (Å²) < 4.78 is 28.1. The number of carbonyl (C=O) groups excluding carboxylic acids is 1. The van der Waals surface area contributed by atoms with E-state index in [1.807, 2.05) is 0 Å². The largest absolute Gasteiger partial charge is 0.503 e. The van der Waals surface area contributed by atoms with Crippen LogP contribution in [0.25, 0.3) is 0 Å². The third kappa shape index (κ3) is 3.98. The first-order valence-corrected chi connectivity index (χ1v) is 9.03. The van der Waals surface area contributed by atoms with Gasteiger partial charge in [-0.1, -0.05) is 0 Å². The second-order valence-corrected chi connectivity index (χ2v) is 7.97. The first-order chi connectivity index (χ1) is 10.3. The maximum Gasteiger partial charge on any atom is 0.244 e. The van der Waals surface area contributed by atoms with Crippen LogP contribution in [-0.4, -0.2) is 44.3 Å². The molecule has 1 atom stereocenters. The molecule has 9 heteroatoms. The van der Waals surface area contributed by atoms with Gasteiger partial charge in [0.1, 0.15) is 0 Å². The standard InChI is InChI=1S/C13H15BrN2O5S/c1-21-11-5-8(4-10(14)12(11)17)6-15-16-13(18)9-2-3-22(19,20)7-9/h4-6,9,17H,2-3,7H2,1H3,(H,16,18)/b15-6+/t9-/m1/s1. The third-order valence-electron chi connectivity index (χ3n) is 3.26. The average molecular weight is 391 g/mol. The number of ether oxygens (including phenoxy) is 1. The van der Waals surface area contributed by atoms with Gasteiger partial charge < -0.3 is 9.84 Å². The van der Waals surface area contributed by atoms with Crippen LogP contribution in [0.3, 0.4) is 0 Å². The molecule has 0 saturated carbocycles. The van der Waals surface area contributed by atoms with Crippen molar-refractivity contribution in [3.05, 3.63) is 22.2 Å². The molecule has 1 saturated heterocycles. The van der Waals surface area contributed by atoms with Gasteiger partial charge in [0, 0.05) is 0 Å². The van der Waals surface area contributed by atoms with E-state index < -0.39 is 21.7 Å². The topological polar surface area (TPSA) is 105 Å². The molecule has 2 N–H and O–H groups in total. The van der Waals surface area contributed by atoms with Crippen LogP contribution in [0.5, 0.6) is 11.5 Å². The van der Waals surface area contributed by atoms with Crippen LogP contribution in [0.15, 0.2) is 21.7 Å². The van der Waals surface area contributed by atoms with E-state index in [4.69, 9.17) is 4.74 Å². The minimum absolute atomic E-state index is 0.0279. The van der Waals surface area contributed by atoms with Crippen molar-refractivity contribution in [2.45, 2.75) is 6.42 Å². The fraction of sp³-hybridized carbons (Fsp3) is 0.385. The van der Waals surface area contributed by atoms with Crippen LogP contribution in [0.2, 0.25) is 0 Å². The van der Waals surface area contributed by atoms with E-state index >= 15 is 0 Å². The molecule has 1 heterocycles. The third-order valence-corrected chi connectivity index (χ3v) is 5.63. The number of hydrogen-bond acceptors (Lipinski definition) is 6. The second kappa shape index (κ2) is 6.66. The predicted octanol–water partition coefficient (Wildman–Crippen LogP) is 1.05. The molecule has 0 spiro atoms. The number of phenolic OH excluding ortho intramolecular Hbond substituents is 1. The summed E-state index contributed by atoms with van der Waals surface area (Å²) in [6.45, 7) is 0. The number of nitrogens with one attached hydrogen (secondary N) is 1. The lowest BCUT2D eigenvalue weighted by Gasteiger charge is -2.07. The molecule has 0 unspecified atom stereocenters. The van der Waals surface area contributed by atoms with Gasteiger partial charge in [0.15, 0.2) is 21.3 Å². The summed E-state index contributed by atoms with van der Waals surface area (Å²) in [4.78, 5) is 11.8. The van der Waals surface area contributed by atoms with Crippen molar-refractivity contribution in [3.63, 3.8) is 0 Å². The van der Waals surface area contributed by atoms with Gasteiger partial charge in [0.05, 0.1) is 35.2 Å². The highest BCUT2D eigenvalue weighted by atomic mass is 79.9. The molecule has 1 aliphatic heterocycles. The molecule has 22 heavy (non-hydrogen) atoms. The second-order valence-electron chi connectivity index (χ2n) is 4.89. The van der Waals surface area contributed by atoms with Crippen LogP contribution in [0, 0.1) is 5.92 Å². The van der Waals surface area contributed by atoms with Crippen molar-refractivity contribution in [2.75, 3.05) is 18.6 Å². The first kappa shape index (κ1) is 16.8. The summed E-state index contributed by atoms with van der Waals surface area (Å²) in [5.74, 6) is -0.821. The Morgan fingerprint density at radius 3 is 2.86 bits per heavy atom. The number of hydrazone groups is 1. The number of phenols is 1. The molecule has 2 rings (SSSR count). The fourth-order valence-electron chi connectivity index (χ4n) is 2.09. The van der Waals surface area contributed by atoms with E-state index in [0.717, 1.165) is 0 Å². The van der Waals surface area contributed by atoms with Crippen LogP contribution >= 0.6 is 15.9 Å².